The lowest BCUT2D eigenvalue weighted by Crippen LogP contribution is -2.27. The van der Waals surface area contributed by atoms with E-state index < -0.39 is 0 Å². The molecule has 0 saturated carbocycles. The van der Waals surface area contributed by atoms with Crippen LogP contribution in [0.15, 0.2) is 83.9 Å². The maximum atomic E-state index is 13.1. The molecule has 0 aliphatic carbocycles. The monoisotopic (exact) mass is 474 g/mol. The molecule has 0 N–H and O–H groups in total. The molecule has 3 aromatic carbocycles. The molecule has 0 atom stereocenters. The molecule has 0 spiro atoms. The number of nitrogens with zero attached hydrogens (tertiary/aromatic N) is 4. The fourth-order valence-corrected chi connectivity index (χ4v) is 5.02. The molecule has 4 aromatic rings. The number of imide groups is 1. The van der Waals surface area contributed by atoms with Gasteiger partial charge in [-0.2, -0.15) is 10.5 Å². The summed E-state index contributed by atoms with van der Waals surface area (Å²) in [7, 11) is 0. The highest BCUT2D eigenvalue weighted by Gasteiger charge is 2.35. The number of benzene rings is 3. The Labute approximate surface area is 206 Å². The van der Waals surface area contributed by atoms with Crippen LogP contribution in [-0.4, -0.2) is 20.6 Å². The number of carbonyl (C=O) groups is 2. The third kappa shape index (κ3) is 4.21. The third-order valence-corrected chi connectivity index (χ3v) is 6.83. The van der Waals surface area contributed by atoms with E-state index in [0.29, 0.717) is 28.1 Å². The van der Waals surface area contributed by atoms with E-state index in [-0.39, 0.29) is 17.7 Å². The van der Waals surface area contributed by atoms with Crippen LogP contribution in [0.4, 0.5) is 4.79 Å². The summed E-state index contributed by atoms with van der Waals surface area (Å²) in [6.07, 6.45) is 3.69. The smallest absolute Gasteiger partial charge is 0.293 e. The molecule has 6 nitrogen and oxygen atoms in total. The summed E-state index contributed by atoms with van der Waals surface area (Å²) in [5, 5.41) is 19.4. The van der Waals surface area contributed by atoms with Gasteiger partial charge >= 0.3 is 0 Å². The Bertz CT molecular complexity index is 1600. The van der Waals surface area contributed by atoms with Crippen LogP contribution >= 0.6 is 11.8 Å². The van der Waals surface area contributed by atoms with E-state index >= 15 is 0 Å². The van der Waals surface area contributed by atoms with Crippen LogP contribution in [0.25, 0.3) is 17.0 Å². The SMILES string of the molecule is N#Cc1ccccc1CN1C(=O)S/C(=C/c2cn(Cc3ccccc3C#N)c3ccccc23)C1=O. The van der Waals surface area contributed by atoms with Crippen molar-refractivity contribution in [2.75, 3.05) is 0 Å². The summed E-state index contributed by atoms with van der Waals surface area (Å²) in [6, 6.07) is 26.6. The predicted octanol–water partition coefficient (Wildman–Crippen LogP) is 5.67. The van der Waals surface area contributed by atoms with Gasteiger partial charge in [-0.05, 0) is 47.2 Å². The molecule has 0 unspecified atom stereocenters. The summed E-state index contributed by atoms with van der Waals surface area (Å²) in [6.45, 7) is 0.558. The Kier molecular flexibility index (Phi) is 5.93. The lowest BCUT2D eigenvalue weighted by molar-refractivity contribution is -0.123. The molecule has 1 aromatic heterocycles. The molecule has 2 heterocycles. The molecule has 168 valence electrons. The van der Waals surface area contributed by atoms with Crippen LogP contribution < -0.4 is 0 Å². The number of nitriles is 2. The number of carbonyl (C=O) groups excluding carboxylic acids is 2. The zero-order chi connectivity index (χ0) is 24.4. The fourth-order valence-electron chi connectivity index (χ4n) is 4.19. The molecule has 35 heavy (non-hydrogen) atoms. The lowest BCUT2D eigenvalue weighted by atomic mass is 10.1. The van der Waals surface area contributed by atoms with Gasteiger partial charge in [-0.1, -0.05) is 54.6 Å². The van der Waals surface area contributed by atoms with Crippen molar-refractivity contribution in [3.05, 3.63) is 112 Å². The first-order valence-electron chi connectivity index (χ1n) is 10.9. The van der Waals surface area contributed by atoms with Crippen molar-refractivity contribution >= 4 is 39.9 Å². The van der Waals surface area contributed by atoms with Crippen molar-refractivity contribution in [1.82, 2.24) is 9.47 Å². The Morgan fingerprint density at radius 2 is 1.40 bits per heavy atom. The van der Waals surface area contributed by atoms with E-state index in [1.54, 1.807) is 36.4 Å². The molecule has 1 saturated heterocycles. The quantitative estimate of drug-likeness (QED) is 0.348. The number of amides is 2. The van der Waals surface area contributed by atoms with Crippen LogP contribution in [0.3, 0.4) is 0 Å². The van der Waals surface area contributed by atoms with Crippen molar-refractivity contribution in [2.24, 2.45) is 0 Å². The predicted molar refractivity (Wildman–Crippen MR) is 135 cm³/mol. The largest absolute Gasteiger partial charge is 0.342 e. The summed E-state index contributed by atoms with van der Waals surface area (Å²) >= 11 is 0.901. The van der Waals surface area contributed by atoms with Crippen LogP contribution in [0.5, 0.6) is 0 Å². The van der Waals surface area contributed by atoms with Gasteiger partial charge in [-0.25, -0.2) is 0 Å². The maximum absolute atomic E-state index is 13.1. The summed E-state index contributed by atoms with van der Waals surface area (Å²) in [4.78, 5) is 27.3. The minimum atomic E-state index is -0.376. The van der Waals surface area contributed by atoms with E-state index in [4.69, 9.17) is 0 Å². The van der Waals surface area contributed by atoms with Gasteiger partial charge in [-0.3, -0.25) is 14.5 Å². The van der Waals surface area contributed by atoms with Gasteiger partial charge in [0.1, 0.15) is 0 Å². The molecule has 7 heteroatoms. The number of hydrogen-bond donors (Lipinski definition) is 0. The minimum Gasteiger partial charge on any atom is -0.342 e. The van der Waals surface area contributed by atoms with Gasteiger partial charge in [0.25, 0.3) is 11.1 Å². The first kappa shape index (κ1) is 22.2. The van der Waals surface area contributed by atoms with Crippen molar-refractivity contribution in [2.45, 2.75) is 13.1 Å². The maximum Gasteiger partial charge on any atom is 0.293 e. The number of rotatable bonds is 5. The van der Waals surface area contributed by atoms with Crippen molar-refractivity contribution in [1.29, 1.82) is 10.5 Å². The van der Waals surface area contributed by atoms with E-state index in [0.717, 1.165) is 33.8 Å². The summed E-state index contributed by atoms with van der Waals surface area (Å²) in [5.74, 6) is -0.376. The van der Waals surface area contributed by atoms with Crippen molar-refractivity contribution in [3.63, 3.8) is 0 Å². The molecule has 0 radical (unpaired) electrons. The highest BCUT2D eigenvalue weighted by molar-refractivity contribution is 8.18. The molecule has 5 rings (SSSR count). The normalized spacial score (nSPS) is 14.5. The van der Waals surface area contributed by atoms with Gasteiger partial charge in [0.2, 0.25) is 0 Å². The Balaban J connectivity index is 1.48. The number of aromatic nitrogens is 1. The summed E-state index contributed by atoms with van der Waals surface area (Å²) < 4.78 is 2.05. The molecule has 1 fully saturated rings. The second-order valence-electron chi connectivity index (χ2n) is 8.04. The second-order valence-corrected chi connectivity index (χ2v) is 9.03. The molecular weight excluding hydrogens is 456 g/mol. The topological polar surface area (TPSA) is 89.9 Å². The molecule has 1 aliphatic rings. The standard InChI is InChI=1S/C28H18N4O2S/c29-14-19-7-1-3-9-21(19)16-31-17-23(24-11-5-6-12-25(24)31)13-26-27(33)32(28(34)35-26)18-22-10-4-2-8-20(22)15-30/h1-13,17H,16,18H2/b26-13+. The summed E-state index contributed by atoms with van der Waals surface area (Å²) in [5.41, 5.74) is 4.37. The van der Waals surface area contributed by atoms with Gasteiger partial charge in [0.15, 0.2) is 0 Å². The average Bonchev–Trinajstić information content (AvgIpc) is 3.36. The van der Waals surface area contributed by atoms with Gasteiger partial charge < -0.3 is 4.57 Å². The van der Waals surface area contributed by atoms with Gasteiger partial charge in [0, 0.05) is 29.2 Å². The number of hydrogen-bond acceptors (Lipinski definition) is 5. The fraction of sp³-hybridized carbons (Fsp3) is 0.0714. The second kappa shape index (κ2) is 9.34. The van der Waals surface area contributed by atoms with Crippen molar-refractivity contribution in [3.8, 4) is 12.1 Å². The highest BCUT2D eigenvalue weighted by Crippen LogP contribution is 2.35. The third-order valence-electron chi connectivity index (χ3n) is 5.92. The molecule has 2 amide bonds. The van der Waals surface area contributed by atoms with Crippen molar-refractivity contribution < 1.29 is 9.59 Å². The molecule has 1 aliphatic heterocycles. The number of thioether (sulfide) groups is 1. The van der Waals surface area contributed by atoms with E-state index in [2.05, 4.69) is 12.1 Å². The van der Waals surface area contributed by atoms with E-state index in [1.807, 2.05) is 53.2 Å². The average molecular weight is 475 g/mol. The van der Waals surface area contributed by atoms with E-state index in [9.17, 15) is 20.1 Å². The van der Waals surface area contributed by atoms with E-state index in [1.165, 1.54) is 4.90 Å². The minimum absolute atomic E-state index is 0.0540. The first-order chi connectivity index (χ1) is 17.1. The Morgan fingerprint density at radius 3 is 2.09 bits per heavy atom. The van der Waals surface area contributed by atoms with Crippen LogP contribution in [-0.2, 0) is 17.9 Å². The van der Waals surface area contributed by atoms with Gasteiger partial charge in [-0.15, -0.1) is 0 Å². The first-order valence-corrected chi connectivity index (χ1v) is 11.7. The highest BCUT2D eigenvalue weighted by atomic mass is 32.2. The zero-order valence-corrected chi connectivity index (χ0v) is 19.3. The Morgan fingerprint density at radius 1 is 0.800 bits per heavy atom. The number of fused-ring (bicyclic) bond motifs is 1. The van der Waals surface area contributed by atoms with Crippen LogP contribution in [0, 0.1) is 22.7 Å². The van der Waals surface area contributed by atoms with Gasteiger partial charge in [0.05, 0.1) is 34.7 Å². The zero-order valence-electron chi connectivity index (χ0n) is 18.5. The molecular formula is C28H18N4O2S. The van der Waals surface area contributed by atoms with Crippen LogP contribution in [0.2, 0.25) is 0 Å². The lowest BCUT2D eigenvalue weighted by Gasteiger charge is -2.13. The van der Waals surface area contributed by atoms with Crippen LogP contribution in [0.1, 0.15) is 27.8 Å². The Hall–Kier alpha value is -4.59. The number of para-hydroxylation sites is 1. The molecule has 0 bridgehead atoms.